The normalized spacial score (nSPS) is 15.1. The smallest absolute Gasteiger partial charge is 0.408 e. The van der Waals surface area contributed by atoms with Crippen molar-refractivity contribution in [1.29, 1.82) is 0 Å². The summed E-state index contributed by atoms with van der Waals surface area (Å²) in [5, 5.41) is 10.4. The maximum Gasteiger partial charge on any atom is 0.408 e. The van der Waals surface area contributed by atoms with E-state index in [4.69, 9.17) is 18.9 Å². The lowest BCUT2D eigenvalue weighted by Crippen LogP contribution is -2.57. The van der Waals surface area contributed by atoms with Gasteiger partial charge in [0.05, 0.1) is 18.6 Å². The number of benzene rings is 2. The molecule has 3 aromatic rings. The monoisotopic (exact) mass is 818 g/mol. The zero-order valence-electron chi connectivity index (χ0n) is 34.6. The summed E-state index contributed by atoms with van der Waals surface area (Å²) in [7, 11) is 0. The molecule has 1 fully saturated rings. The Kier molecular flexibility index (Phi) is 17.9. The summed E-state index contributed by atoms with van der Waals surface area (Å²) >= 11 is 0. The summed E-state index contributed by atoms with van der Waals surface area (Å²) in [6.45, 7) is 8.43. The third-order valence-corrected chi connectivity index (χ3v) is 9.27. The van der Waals surface area contributed by atoms with Crippen molar-refractivity contribution in [3.63, 3.8) is 0 Å². The van der Waals surface area contributed by atoms with Crippen LogP contribution in [0.3, 0.4) is 0 Å². The van der Waals surface area contributed by atoms with Crippen molar-refractivity contribution in [3.05, 3.63) is 90.0 Å². The molecule has 4 amide bonds. The van der Waals surface area contributed by atoms with Crippen LogP contribution in [0.2, 0.25) is 0 Å². The van der Waals surface area contributed by atoms with E-state index in [2.05, 4.69) is 26.3 Å². The van der Waals surface area contributed by atoms with E-state index in [0.717, 1.165) is 43.2 Å². The van der Waals surface area contributed by atoms with Crippen molar-refractivity contribution < 1.29 is 47.7 Å². The van der Waals surface area contributed by atoms with Gasteiger partial charge in [0, 0.05) is 19.0 Å². The molecule has 16 heteroatoms. The van der Waals surface area contributed by atoms with Crippen molar-refractivity contribution in [2.24, 2.45) is 0 Å². The molecule has 0 radical (unpaired) electrons. The molecule has 1 aliphatic rings. The van der Waals surface area contributed by atoms with Gasteiger partial charge in [0.25, 0.3) is 0 Å². The van der Waals surface area contributed by atoms with Gasteiger partial charge in [-0.2, -0.15) is 0 Å². The maximum atomic E-state index is 13.7. The first-order valence-corrected chi connectivity index (χ1v) is 20.1. The quantitative estimate of drug-likeness (QED) is 0.0930. The van der Waals surface area contributed by atoms with Gasteiger partial charge in [0.2, 0.25) is 17.7 Å². The molecule has 0 spiro atoms. The van der Waals surface area contributed by atoms with Gasteiger partial charge in [-0.1, -0.05) is 67.1 Å². The van der Waals surface area contributed by atoms with Gasteiger partial charge < -0.3 is 44.8 Å². The number of carbonyl (C=O) groups excluding carboxylic acids is 6. The molecule has 1 saturated carbocycles. The maximum absolute atomic E-state index is 13.7. The number of carbonyl (C=O) groups is 6. The summed E-state index contributed by atoms with van der Waals surface area (Å²) in [5.74, 6) is -3.37. The Balaban J connectivity index is 1.41. The fraction of sp³-hybridized carbons (Fsp3) is 0.512. The molecule has 1 aliphatic carbocycles. The predicted octanol–water partition coefficient (Wildman–Crippen LogP) is 4.39. The fourth-order valence-electron chi connectivity index (χ4n) is 6.16. The number of nitrogens with one attached hydrogen (secondary N) is 4. The molecule has 1 aromatic heterocycles. The summed E-state index contributed by atoms with van der Waals surface area (Å²) in [5.41, 5.74) is 1.34. The molecule has 4 N–H and O–H groups in total. The fourth-order valence-corrected chi connectivity index (χ4v) is 6.16. The molecule has 2 aromatic carbocycles. The molecule has 0 aliphatic heterocycles. The number of ether oxygens (including phenoxy) is 4. The van der Waals surface area contributed by atoms with Crippen LogP contribution in [0.15, 0.2) is 73.2 Å². The second-order valence-electron chi connectivity index (χ2n) is 15.6. The summed E-state index contributed by atoms with van der Waals surface area (Å²) in [6.07, 6.45) is 6.37. The van der Waals surface area contributed by atoms with Gasteiger partial charge in [-0.25, -0.2) is 14.6 Å². The highest BCUT2D eigenvalue weighted by molar-refractivity contribution is 5.94. The van der Waals surface area contributed by atoms with Gasteiger partial charge >= 0.3 is 18.0 Å². The number of esters is 2. The molecule has 4 rings (SSSR count). The first kappa shape index (κ1) is 45.9. The number of rotatable bonds is 20. The van der Waals surface area contributed by atoms with E-state index >= 15 is 0 Å². The van der Waals surface area contributed by atoms with Crippen LogP contribution >= 0.6 is 0 Å². The summed E-state index contributed by atoms with van der Waals surface area (Å²) in [6, 6.07) is 13.9. The van der Waals surface area contributed by atoms with Crippen LogP contribution in [-0.4, -0.2) is 81.2 Å². The van der Waals surface area contributed by atoms with E-state index in [1.165, 1.54) is 20.2 Å². The van der Waals surface area contributed by atoms with Crippen molar-refractivity contribution in [3.8, 4) is 0 Å². The number of hydrogen-bond acceptors (Lipinski definition) is 11. The average Bonchev–Trinajstić information content (AvgIpc) is 3.65. The lowest BCUT2D eigenvalue weighted by Gasteiger charge is -2.26. The van der Waals surface area contributed by atoms with E-state index in [0.29, 0.717) is 12.3 Å². The Morgan fingerprint density at radius 1 is 0.763 bits per heavy atom. The first-order chi connectivity index (χ1) is 28.1. The first-order valence-electron chi connectivity index (χ1n) is 20.1. The number of amides is 4. The lowest BCUT2D eigenvalue weighted by atomic mass is 9.98. The highest BCUT2D eigenvalue weighted by atomic mass is 16.6. The number of imidazole rings is 1. The molecular formula is C43H58N6O10. The van der Waals surface area contributed by atoms with Crippen LogP contribution in [0.25, 0.3) is 0 Å². The number of nitrogens with zero attached hydrogens (tertiary/aromatic N) is 2. The Morgan fingerprint density at radius 2 is 1.37 bits per heavy atom. The topological polar surface area (TPSA) is 205 Å². The standard InChI is InChI=1S/C43H58N6O10/c1-29(45-39(52)35(48-42(55)59-43(3,4)5)21-22-37(50)58-34-19-13-8-14-20-34)38(51)47-36(40(53)46-30(2)41(54)57-26-32-17-11-7-12-18-32)23-33-24-49(27-44-33)28-56-25-31-15-9-6-10-16-31/h6-7,9-12,15-18,24,27,29-30,34-36H,8,13-14,19-23,25-26,28H2,1-5H3,(H,45,52)(H,46,53)(H,47,51)(H,48,55)/t29-,30-,35+,36+/m1/s1. The number of aromatic nitrogens is 2. The lowest BCUT2D eigenvalue weighted by molar-refractivity contribution is -0.151. The van der Waals surface area contributed by atoms with E-state index < -0.39 is 65.5 Å². The zero-order valence-corrected chi connectivity index (χ0v) is 34.6. The van der Waals surface area contributed by atoms with Crippen molar-refractivity contribution in [1.82, 2.24) is 30.8 Å². The minimum absolute atomic E-state index is 0.00647. The minimum atomic E-state index is -1.26. The van der Waals surface area contributed by atoms with Crippen molar-refractivity contribution >= 4 is 35.8 Å². The molecule has 1 heterocycles. The molecule has 320 valence electrons. The van der Waals surface area contributed by atoms with Gasteiger partial charge in [-0.15, -0.1) is 0 Å². The molecular weight excluding hydrogens is 761 g/mol. The van der Waals surface area contributed by atoms with Gasteiger partial charge in [-0.05, 0) is 77.8 Å². The highest BCUT2D eigenvalue weighted by Gasteiger charge is 2.31. The summed E-state index contributed by atoms with van der Waals surface area (Å²) in [4.78, 5) is 83.6. The zero-order chi connectivity index (χ0) is 42.8. The second kappa shape index (κ2) is 23.0. The Labute approximate surface area is 345 Å². The SMILES string of the molecule is C[C@@H](NC(=O)[C@H](CCC(=O)OC1CCCCC1)NC(=O)OC(C)(C)C)C(=O)N[C@@H](Cc1cn(COCc2ccccc2)cn1)C(=O)N[C@H](C)C(=O)OCc1ccccc1. The summed E-state index contributed by atoms with van der Waals surface area (Å²) < 4.78 is 23.8. The molecule has 16 nitrogen and oxygen atoms in total. The number of alkyl carbamates (subject to hydrolysis) is 1. The molecule has 0 unspecified atom stereocenters. The number of hydrogen-bond donors (Lipinski definition) is 4. The van der Waals surface area contributed by atoms with Crippen LogP contribution in [0.1, 0.15) is 96.4 Å². The molecule has 0 saturated heterocycles. The van der Waals surface area contributed by atoms with E-state index in [1.807, 2.05) is 48.5 Å². The van der Waals surface area contributed by atoms with Crippen LogP contribution in [0.4, 0.5) is 4.79 Å². The van der Waals surface area contributed by atoms with Crippen LogP contribution in [0, 0.1) is 0 Å². The highest BCUT2D eigenvalue weighted by Crippen LogP contribution is 2.21. The van der Waals surface area contributed by atoms with Gasteiger partial charge in [-0.3, -0.25) is 19.2 Å². The van der Waals surface area contributed by atoms with Gasteiger partial charge in [0.1, 0.15) is 49.2 Å². The Morgan fingerprint density at radius 3 is 2.02 bits per heavy atom. The largest absolute Gasteiger partial charge is 0.462 e. The van der Waals surface area contributed by atoms with E-state index in [9.17, 15) is 28.8 Å². The van der Waals surface area contributed by atoms with Crippen LogP contribution < -0.4 is 21.3 Å². The van der Waals surface area contributed by atoms with Crippen molar-refractivity contribution in [2.45, 2.75) is 142 Å². The van der Waals surface area contributed by atoms with E-state index in [-0.39, 0.29) is 38.7 Å². The second-order valence-corrected chi connectivity index (χ2v) is 15.6. The third kappa shape index (κ3) is 16.9. The molecule has 59 heavy (non-hydrogen) atoms. The van der Waals surface area contributed by atoms with Crippen LogP contribution in [-0.2, 0) is 69.3 Å². The molecule has 0 bridgehead atoms. The van der Waals surface area contributed by atoms with E-state index in [1.54, 1.807) is 43.7 Å². The van der Waals surface area contributed by atoms with Gasteiger partial charge in [0.15, 0.2) is 0 Å². The predicted molar refractivity (Wildman–Crippen MR) is 216 cm³/mol. The molecule has 4 atom stereocenters. The Hall–Kier alpha value is -5.77. The minimum Gasteiger partial charge on any atom is -0.462 e. The van der Waals surface area contributed by atoms with Crippen molar-refractivity contribution in [2.75, 3.05) is 0 Å². The third-order valence-electron chi connectivity index (χ3n) is 9.27. The Bertz CT molecular complexity index is 1820. The average molecular weight is 819 g/mol. The van der Waals surface area contributed by atoms with Crippen LogP contribution in [0.5, 0.6) is 0 Å².